The molecule has 1 amide bonds. The fourth-order valence-corrected chi connectivity index (χ4v) is 1.75. The average Bonchev–Trinajstić information content (AvgIpc) is 2.41. The van der Waals surface area contributed by atoms with Gasteiger partial charge in [-0.1, -0.05) is 36.4 Å². The van der Waals surface area contributed by atoms with Crippen molar-refractivity contribution in [2.45, 2.75) is 19.3 Å². The van der Waals surface area contributed by atoms with E-state index < -0.39 is 5.97 Å². The number of carboxylic acids is 1. The Balaban J connectivity index is 2.56. The number of allylic oxidation sites excluding steroid dienone is 1. The van der Waals surface area contributed by atoms with E-state index in [2.05, 4.69) is 6.58 Å². The van der Waals surface area contributed by atoms with Gasteiger partial charge in [0, 0.05) is 13.0 Å². The Kier molecular flexibility index (Phi) is 6.36. The Bertz CT molecular complexity index is 428. The Hall–Kier alpha value is -2.10. The second-order valence-corrected chi connectivity index (χ2v) is 4.27. The second kappa shape index (κ2) is 8.08. The minimum atomic E-state index is -0.986. The monoisotopic (exact) mass is 261 g/mol. The molecular weight excluding hydrogens is 242 g/mol. The smallest absolute Gasteiger partial charge is 0.323 e. The zero-order valence-electron chi connectivity index (χ0n) is 10.9. The Morgan fingerprint density at radius 1 is 1.26 bits per heavy atom. The van der Waals surface area contributed by atoms with Crippen LogP contribution in [-0.2, 0) is 16.0 Å². The van der Waals surface area contributed by atoms with Crippen LogP contribution in [0.25, 0.3) is 0 Å². The molecule has 0 bridgehead atoms. The molecule has 1 aromatic carbocycles. The van der Waals surface area contributed by atoms with Gasteiger partial charge in [0.05, 0.1) is 0 Å². The first kappa shape index (κ1) is 15.0. The summed E-state index contributed by atoms with van der Waals surface area (Å²) in [5, 5.41) is 8.84. The van der Waals surface area contributed by atoms with Crippen molar-refractivity contribution in [1.82, 2.24) is 4.90 Å². The lowest BCUT2D eigenvalue weighted by atomic mass is 10.1. The van der Waals surface area contributed by atoms with Crippen molar-refractivity contribution in [3.05, 3.63) is 48.6 Å². The summed E-state index contributed by atoms with van der Waals surface area (Å²) < 4.78 is 0. The molecule has 0 saturated heterocycles. The van der Waals surface area contributed by atoms with E-state index in [1.165, 1.54) is 4.90 Å². The highest BCUT2D eigenvalue weighted by atomic mass is 16.4. The minimum absolute atomic E-state index is 0.141. The second-order valence-electron chi connectivity index (χ2n) is 4.27. The van der Waals surface area contributed by atoms with Gasteiger partial charge < -0.3 is 10.0 Å². The molecule has 0 aliphatic heterocycles. The lowest BCUT2D eigenvalue weighted by Gasteiger charge is -2.20. The normalized spacial score (nSPS) is 9.89. The van der Waals surface area contributed by atoms with Gasteiger partial charge in [-0.3, -0.25) is 9.59 Å². The SMILES string of the molecule is C=CCCC(=O)N(CCc1ccccc1)CC(=O)O. The number of aliphatic carboxylic acids is 1. The highest BCUT2D eigenvalue weighted by Crippen LogP contribution is 2.04. The maximum atomic E-state index is 11.9. The molecule has 102 valence electrons. The van der Waals surface area contributed by atoms with Crippen molar-refractivity contribution in [2.75, 3.05) is 13.1 Å². The van der Waals surface area contributed by atoms with Crippen molar-refractivity contribution >= 4 is 11.9 Å². The lowest BCUT2D eigenvalue weighted by Crippen LogP contribution is -2.37. The fraction of sp³-hybridized carbons (Fsp3) is 0.333. The maximum Gasteiger partial charge on any atom is 0.323 e. The average molecular weight is 261 g/mol. The van der Waals surface area contributed by atoms with Crippen molar-refractivity contribution in [1.29, 1.82) is 0 Å². The molecule has 0 aliphatic rings. The molecule has 0 unspecified atom stereocenters. The fourth-order valence-electron chi connectivity index (χ4n) is 1.75. The number of benzene rings is 1. The van der Waals surface area contributed by atoms with Crippen LogP contribution in [0, 0.1) is 0 Å². The summed E-state index contributed by atoms with van der Waals surface area (Å²) in [6.07, 6.45) is 3.20. The summed E-state index contributed by atoms with van der Waals surface area (Å²) in [5.74, 6) is -1.13. The standard InChI is InChI=1S/C15H19NO3/c1-2-3-9-14(17)16(12-15(18)19)11-10-13-7-5-4-6-8-13/h2,4-8H,1,3,9-12H2,(H,18,19). The molecule has 0 saturated carbocycles. The zero-order valence-corrected chi connectivity index (χ0v) is 10.9. The Morgan fingerprint density at radius 3 is 2.53 bits per heavy atom. The summed E-state index contributed by atoms with van der Waals surface area (Å²) in [6.45, 7) is 3.74. The van der Waals surface area contributed by atoms with E-state index in [9.17, 15) is 9.59 Å². The largest absolute Gasteiger partial charge is 0.480 e. The van der Waals surface area contributed by atoms with Gasteiger partial charge in [-0.25, -0.2) is 0 Å². The van der Waals surface area contributed by atoms with Crippen LogP contribution in [0.4, 0.5) is 0 Å². The number of hydrogen-bond acceptors (Lipinski definition) is 2. The molecule has 19 heavy (non-hydrogen) atoms. The van der Waals surface area contributed by atoms with E-state index in [0.717, 1.165) is 5.56 Å². The number of carbonyl (C=O) groups excluding carboxylic acids is 1. The highest BCUT2D eigenvalue weighted by molar-refractivity contribution is 5.81. The van der Waals surface area contributed by atoms with Gasteiger partial charge in [0.25, 0.3) is 0 Å². The first-order chi connectivity index (χ1) is 9.13. The number of amides is 1. The van der Waals surface area contributed by atoms with Crippen LogP contribution in [-0.4, -0.2) is 35.0 Å². The van der Waals surface area contributed by atoms with Crippen LogP contribution in [0.1, 0.15) is 18.4 Å². The summed E-state index contributed by atoms with van der Waals surface area (Å²) in [6, 6.07) is 9.71. The van der Waals surface area contributed by atoms with Gasteiger partial charge in [0.2, 0.25) is 5.91 Å². The van der Waals surface area contributed by atoms with Crippen molar-refractivity contribution < 1.29 is 14.7 Å². The summed E-state index contributed by atoms with van der Waals surface area (Å²) >= 11 is 0. The molecular formula is C15H19NO3. The molecule has 4 heteroatoms. The molecule has 0 atom stereocenters. The first-order valence-corrected chi connectivity index (χ1v) is 6.28. The van der Waals surface area contributed by atoms with Crippen molar-refractivity contribution in [3.63, 3.8) is 0 Å². The maximum absolute atomic E-state index is 11.9. The molecule has 0 radical (unpaired) electrons. The number of hydrogen-bond donors (Lipinski definition) is 1. The lowest BCUT2D eigenvalue weighted by molar-refractivity contribution is -0.144. The summed E-state index contributed by atoms with van der Waals surface area (Å²) in [5.41, 5.74) is 1.09. The molecule has 0 spiro atoms. The van der Waals surface area contributed by atoms with E-state index in [1.807, 2.05) is 30.3 Å². The highest BCUT2D eigenvalue weighted by Gasteiger charge is 2.15. The Morgan fingerprint density at radius 2 is 1.95 bits per heavy atom. The van der Waals surface area contributed by atoms with Crippen molar-refractivity contribution in [3.8, 4) is 0 Å². The predicted octanol–water partition coefficient (Wildman–Crippen LogP) is 2.11. The van der Waals surface area contributed by atoms with Gasteiger partial charge in [-0.05, 0) is 18.4 Å². The molecule has 1 aromatic rings. The van der Waals surface area contributed by atoms with Gasteiger partial charge in [0.15, 0.2) is 0 Å². The molecule has 0 fully saturated rings. The number of nitrogens with zero attached hydrogens (tertiary/aromatic N) is 1. The van der Waals surface area contributed by atoms with E-state index >= 15 is 0 Å². The Labute approximate surface area is 113 Å². The summed E-state index contributed by atoms with van der Waals surface area (Å²) in [7, 11) is 0. The van der Waals surface area contributed by atoms with Crippen LogP contribution in [0.2, 0.25) is 0 Å². The molecule has 1 rings (SSSR count). The van der Waals surface area contributed by atoms with Gasteiger partial charge in [-0.2, -0.15) is 0 Å². The van der Waals surface area contributed by atoms with E-state index in [1.54, 1.807) is 6.08 Å². The zero-order chi connectivity index (χ0) is 14.1. The van der Waals surface area contributed by atoms with Crippen LogP contribution in [0.5, 0.6) is 0 Å². The quantitative estimate of drug-likeness (QED) is 0.729. The third-order valence-electron chi connectivity index (χ3n) is 2.75. The van der Waals surface area contributed by atoms with E-state index in [-0.39, 0.29) is 12.5 Å². The van der Waals surface area contributed by atoms with Gasteiger partial charge in [0.1, 0.15) is 6.54 Å². The minimum Gasteiger partial charge on any atom is -0.480 e. The molecule has 1 N–H and O–H groups in total. The number of carbonyl (C=O) groups is 2. The van der Waals surface area contributed by atoms with Crippen LogP contribution >= 0.6 is 0 Å². The number of rotatable bonds is 8. The van der Waals surface area contributed by atoms with Crippen LogP contribution < -0.4 is 0 Å². The molecule has 0 aliphatic carbocycles. The van der Waals surface area contributed by atoms with Gasteiger partial charge >= 0.3 is 5.97 Å². The molecule has 0 aromatic heterocycles. The van der Waals surface area contributed by atoms with Crippen molar-refractivity contribution in [2.24, 2.45) is 0 Å². The summed E-state index contributed by atoms with van der Waals surface area (Å²) in [4.78, 5) is 24.0. The molecule has 0 heterocycles. The third-order valence-corrected chi connectivity index (χ3v) is 2.75. The predicted molar refractivity (Wildman–Crippen MR) is 73.8 cm³/mol. The first-order valence-electron chi connectivity index (χ1n) is 6.28. The number of carboxylic acid groups (broad SMARTS) is 1. The topological polar surface area (TPSA) is 57.6 Å². The van der Waals surface area contributed by atoms with Crippen LogP contribution in [0.15, 0.2) is 43.0 Å². The van der Waals surface area contributed by atoms with Gasteiger partial charge in [-0.15, -0.1) is 6.58 Å². The van der Waals surface area contributed by atoms with E-state index in [4.69, 9.17) is 5.11 Å². The third kappa shape index (κ3) is 5.86. The van der Waals surface area contributed by atoms with Crippen LogP contribution in [0.3, 0.4) is 0 Å². The molecule has 4 nitrogen and oxygen atoms in total. The van der Waals surface area contributed by atoms with E-state index in [0.29, 0.717) is 25.8 Å².